The third-order valence-electron chi connectivity index (χ3n) is 3.28. The molecule has 0 aliphatic rings. The lowest BCUT2D eigenvalue weighted by Crippen LogP contribution is -2.44. The van der Waals surface area contributed by atoms with E-state index in [0.29, 0.717) is 11.1 Å². The van der Waals surface area contributed by atoms with E-state index in [1.807, 2.05) is 0 Å². The molecule has 0 saturated carbocycles. The molecule has 0 spiro atoms. The summed E-state index contributed by atoms with van der Waals surface area (Å²) in [5.74, 6) is -0.236. The predicted molar refractivity (Wildman–Crippen MR) is 93.1 cm³/mol. The second-order valence-corrected chi connectivity index (χ2v) is 6.54. The summed E-state index contributed by atoms with van der Waals surface area (Å²) in [5, 5.41) is 16.5. The molecule has 1 unspecified atom stereocenters. The quantitative estimate of drug-likeness (QED) is 0.805. The number of rotatable bonds is 3. The molecular formula is C18H22N2O4. The van der Waals surface area contributed by atoms with E-state index in [9.17, 15) is 14.7 Å². The zero-order valence-corrected chi connectivity index (χ0v) is 14.2. The summed E-state index contributed by atoms with van der Waals surface area (Å²) in [5.41, 5.74) is -0.0702. The van der Waals surface area contributed by atoms with Crippen LogP contribution in [0.25, 0.3) is 10.8 Å². The lowest BCUT2D eigenvalue weighted by Gasteiger charge is -2.21. The summed E-state index contributed by atoms with van der Waals surface area (Å²) in [4.78, 5) is 24.0. The van der Waals surface area contributed by atoms with Crippen LogP contribution in [0.4, 0.5) is 10.5 Å². The highest BCUT2D eigenvalue weighted by Gasteiger charge is 2.21. The Hall–Kier alpha value is -2.76. The van der Waals surface area contributed by atoms with E-state index in [1.54, 1.807) is 64.1 Å². The van der Waals surface area contributed by atoms with Crippen molar-refractivity contribution < 1.29 is 19.4 Å². The van der Waals surface area contributed by atoms with Gasteiger partial charge in [-0.3, -0.25) is 4.79 Å². The Morgan fingerprint density at radius 2 is 1.71 bits per heavy atom. The number of phenols is 1. The van der Waals surface area contributed by atoms with Gasteiger partial charge in [-0.15, -0.1) is 0 Å². The normalized spacial score (nSPS) is 12.5. The van der Waals surface area contributed by atoms with Gasteiger partial charge in [-0.25, -0.2) is 4.79 Å². The van der Waals surface area contributed by atoms with Crippen molar-refractivity contribution in [2.24, 2.45) is 0 Å². The van der Waals surface area contributed by atoms with Crippen LogP contribution in [-0.2, 0) is 9.53 Å². The standard InChI is InChI=1S/C18H22N2O4/c1-11(19-17(23)24-18(2,3)4)16(22)20-14-9-5-8-13-12(14)7-6-10-15(13)21/h5-11,21H,1-4H3,(H,19,23)(H,20,22). The Balaban J connectivity index is 2.10. The summed E-state index contributed by atoms with van der Waals surface area (Å²) in [6.07, 6.45) is -0.652. The smallest absolute Gasteiger partial charge is 0.408 e. The molecule has 128 valence electrons. The maximum atomic E-state index is 12.3. The summed E-state index contributed by atoms with van der Waals surface area (Å²) in [7, 11) is 0. The number of carbonyl (C=O) groups is 2. The fourth-order valence-electron chi connectivity index (χ4n) is 2.19. The summed E-state index contributed by atoms with van der Waals surface area (Å²) >= 11 is 0. The van der Waals surface area contributed by atoms with Crippen LogP contribution in [0.1, 0.15) is 27.7 Å². The molecule has 2 amide bonds. The van der Waals surface area contributed by atoms with Crippen LogP contribution in [0.2, 0.25) is 0 Å². The number of nitrogens with one attached hydrogen (secondary N) is 2. The molecule has 6 heteroatoms. The molecule has 0 fully saturated rings. The number of hydrogen-bond donors (Lipinski definition) is 3. The van der Waals surface area contributed by atoms with Crippen LogP contribution in [0.15, 0.2) is 36.4 Å². The van der Waals surface area contributed by atoms with E-state index in [-0.39, 0.29) is 11.7 Å². The van der Waals surface area contributed by atoms with E-state index >= 15 is 0 Å². The van der Waals surface area contributed by atoms with Crippen LogP contribution in [-0.4, -0.2) is 28.7 Å². The van der Waals surface area contributed by atoms with Gasteiger partial charge in [0.05, 0.1) is 0 Å². The van der Waals surface area contributed by atoms with Crippen LogP contribution < -0.4 is 10.6 Å². The molecule has 0 bridgehead atoms. The van der Waals surface area contributed by atoms with Crippen LogP contribution in [0, 0.1) is 0 Å². The summed E-state index contributed by atoms with van der Waals surface area (Å²) in [6.45, 7) is 6.82. The third-order valence-corrected chi connectivity index (χ3v) is 3.28. The molecule has 0 aliphatic carbocycles. The van der Waals surface area contributed by atoms with Crippen molar-refractivity contribution in [2.75, 3.05) is 5.32 Å². The number of anilines is 1. The third kappa shape index (κ3) is 4.38. The van der Waals surface area contributed by atoms with Crippen LogP contribution in [0.5, 0.6) is 5.75 Å². The molecule has 6 nitrogen and oxygen atoms in total. The molecule has 0 saturated heterocycles. The van der Waals surface area contributed by atoms with Gasteiger partial charge in [0, 0.05) is 16.5 Å². The fourth-order valence-corrected chi connectivity index (χ4v) is 2.19. The zero-order chi connectivity index (χ0) is 17.9. The van der Waals surface area contributed by atoms with Gasteiger partial charge in [-0.05, 0) is 39.8 Å². The lowest BCUT2D eigenvalue weighted by atomic mass is 10.1. The van der Waals surface area contributed by atoms with Gasteiger partial charge in [0.15, 0.2) is 0 Å². The fraction of sp³-hybridized carbons (Fsp3) is 0.333. The Kier molecular flexibility index (Phi) is 4.97. The van der Waals surface area contributed by atoms with E-state index < -0.39 is 17.7 Å². The van der Waals surface area contributed by atoms with Crippen LogP contribution >= 0.6 is 0 Å². The van der Waals surface area contributed by atoms with Crippen molar-refractivity contribution in [2.45, 2.75) is 39.3 Å². The van der Waals surface area contributed by atoms with E-state index in [4.69, 9.17) is 4.74 Å². The van der Waals surface area contributed by atoms with E-state index in [2.05, 4.69) is 10.6 Å². The number of aromatic hydroxyl groups is 1. The molecule has 1 atom stereocenters. The first-order valence-corrected chi connectivity index (χ1v) is 7.68. The summed E-state index contributed by atoms with van der Waals surface area (Å²) in [6, 6.07) is 9.56. The average Bonchev–Trinajstić information content (AvgIpc) is 2.46. The first-order chi connectivity index (χ1) is 11.2. The lowest BCUT2D eigenvalue weighted by molar-refractivity contribution is -0.117. The molecule has 24 heavy (non-hydrogen) atoms. The molecule has 0 aliphatic heterocycles. The zero-order valence-electron chi connectivity index (χ0n) is 14.2. The number of hydrogen-bond acceptors (Lipinski definition) is 4. The van der Waals surface area contributed by atoms with Gasteiger partial charge in [0.1, 0.15) is 17.4 Å². The van der Waals surface area contributed by atoms with Crippen molar-refractivity contribution >= 4 is 28.5 Å². The molecule has 2 rings (SSSR count). The minimum Gasteiger partial charge on any atom is -0.507 e. The highest BCUT2D eigenvalue weighted by atomic mass is 16.6. The Bertz CT molecular complexity index is 765. The van der Waals surface area contributed by atoms with Gasteiger partial charge >= 0.3 is 6.09 Å². The van der Waals surface area contributed by atoms with Gasteiger partial charge in [0.25, 0.3) is 0 Å². The minimum atomic E-state index is -0.771. The maximum Gasteiger partial charge on any atom is 0.408 e. The van der Waals surface area contributed by atoms with E-state index in [0.717, 1.165) is 5.39 Å². The Morgan fingerprint density at radius 3 is 2.38 bits per heavy atom. The van der Waals surface area contributed by atoms with Crippen molar-refractivity contribution in [3.8, 4) is 5.75 Å². The molecular weight excluding hydrogens is 308 g/mol. The van der Waals surface area contributed by atoms with Gasteiger partial charge in [0.2, 0.25) is 5.91 Å². The number of ether oxygens (including phenoxy) is 1. The SMILES string of the molecule is CC(NC(=O)OC(C)(C)C)C(=O)Nc1cccc2c(O)cccc12. The minimum absolute atomic E-state index is 0.142. The van der Waals surface area contributed by atoms with Crippen molar-refractivity contribution in [3.63, 3.8) is 0 Å². The highest BCUT2D eigenvalue weighted by Crippen LogP contribution is 2.29. The molecule has 0 radical (unpaired) electrons. The molecule has 0 aromatic heterocycles. The van der Waals surface area contributed by atoms with Gasteiger partial charge in [-0.2, -0.15) is 0 Å². The number of amides is 2. The maximum absolute atomic E-state index is 12.3. The van der Waals surface area contributed by atoms with E-state index in [1.165, 1.54) is 0 Å². The molecule has 2 aromatic rings. The van der Waals surface area contributed by atoms with Crippen LogP contribution in [0.3, 0.4) is 0 Å². The molecule has 0 heterocycles. The largest absolute Gasteiger partial charge is 0.507 e. The Morgan fingerprint density at radius 1 is 1.08 bits per heavy atom. The van der Waals surface area contributed by atoms with Crippen molar-refractivity contribution in [1.82, 2.24) is 5.32 Å². The Labute approximate surface area is 140 Å². The predicted octanol–water partition coefficient (Wildman–Crippen LogP) is 3.40. The topological polar surface area (TPSA) is 87.7 Å². The second kappa shape index (κ2) is 6.78. The van der Waals surface area contributed by atoms with Gasteiger partial charge in [-0.1, -0.05) is 24.3 Å². The molecule has 3 N–H and O–H groups in total. The first kappa shape index (κ1) is 17.6. The average molecular weight is 330 g/mol. The summed E-state index contributed by atoms with van der Waals surface area (Å²) < 4.78 is 5.13. The highest BCUT2D eigenvalue weighted by molar-refractivity contribution is 6.05. The monoisotopic (exact) mass is 330 g/mol. The second-order valence-electron chi connectivity index (χ2n) is 6.54. The van der Waals surface area contributed by atoms with Crippen molar-refractivity contribution in [1.29, 1.82) is 0 Å². The number of benzene rings is 2. The first-order valence-electron chi connectivity index (χ1n) is 7.68. The number of phenolic OH excluding ortho intramolecular Hbond substituents is 1. The molecule has 2 aromatic carbocycles. The number of carbonyl (C=O) groups excluding carboxylic acids is 2. The number of fused-ring (bicyclic) bond motifs is 1. The van der Waals surface area contributed by atoms with Crippen molar-refractivity contribution in [3.05, 3.63) is 36.4 Å². The van der Waals surface area contributed by atoms with Gasteiger partial charge < -0.3 is 20.5 Å². The number of alkyl carbamates (subject to hydrolysis) is 1.